The number of anilines is 1. The number of rotatable bonds is 6. The van der Waals surface area contributed by atoms with Crippen LogP contribution < -0.4 is 4.90 Å². The second-order valence-corrected chi connectivity index (χ2v) is 8.33. The Morgan fingerprint density at radius 1 is 1.13 bits per heavy atom. The number of aryl methyl sites for hydroxylation is 1. The van der Waals surface area contributed by atoms with Gasteiger partial charge in [0.1, 0.15) is 12.4 Å². The molecule has 1 aromatic carbocycles. The molecule has 30 heavy (non-hydrogen) atoms. The van der Waals surface area contributed by atoms with E-state index in [1.54, 1.807) is 7.11 Å². The molecule has 2 aliphatic heterocycles. The lowest BCUT2D eigenvalue weighted by Gasteiger charge is -2.36. The fourth-order valence-corrected chi connectivity index (χ4v) is 4.69. The van der Waals surface area contributed by atoms with Gasteiger partial charge in [-0.3, -0.25) is 4.79 Å². The van der Waals surface area contributed by atoms with Crippen LogP contribution in [0.5, 0.6) is 0 Å². The molecule has 1 saturated heterocycles. The molecule has 2 aromatic rings. The van der Waals surface area contributed by atoms with Crippen molar-refractivity contribution in [3.8, 4) is 0 Å². The molecule has 0 spiro atoms. The third kappa shape index (κ3) is 4.48. The first-order valence-electron chi connectivity index (χ1n) is 11.1. The monoisotopic (exact) mass is 408 g/mol. The van der Waals surface area contributed by atoms with E-state index in [1.807, 2.05) is 4.90 Å². The second kappa shape index (κ2) is 9.56. The van der Waals surface area contributed by atoms with Crippen LogP contribution in [0.25, 0.3) is 0 Å². The highest BCUT2D eigenvalue weighted by atomic mass is 16.5. The van der Waals surface area contributed by atoms with Crippen molar-refractivity contribution in [2.45, 2.75) is 51.5 Å². The number of piperidine rings is 1. The quantitative estimate of drug-likeness (QED) is 0.732. The van der Waals surface area contributed by atoms with Crippen LogP contribution in [0.1, 0.15) is 54.4 Å². The normalized spacial score (nSPS) is 18.9. The van der Waals surface area contributed by atoms with Gasteiger partial charge in [0.15, 0.2) is 5.82 Å². The molecule has 4 rings (SSSR count). The van der Waals surface area contributed by atoms with Crippen LogP contribution in [0, 0.1) is 6.92 Å². The summed E-state index contributed by atoms with van der Waals surface area (Å²) in [5, 5.41) is 0. The fraction of sp³-hybridized carbons (Fsp3) is 0.542. The molecule has 1 aromatic heterocycles. The second-order valence-electron chi connectivity index (χ2n) is 8.33. The number of carbonyl (C=O) groups is 1. The van der Waals surface area contributed by atoms with E-state index in [1.165, 1.54) is 11.1 Å². The predicted octanol–water partition coefficient (Wildman–Crippen LogP) is 3.48. The van der Waals surface area contributed by atoms with Crippen molar-refractivity contribution in [1.29, 1.82) is 0 Å². The molecule has 0 radical (unpaired) electrons. The number of methoxy groups -OCH3 is 1. The predicted molar refractivity (Wildman–Crippen MR) is 118 cm³/mol. The van der Waals surface area contributed by atoms with Crippen LogP contribution in [-0.4, -0.2) is 54.1 Å². The maximum absolute atomic E-state index is 12.6. The Kier molecular flexibility index (Phi) is 6.62. The van der Waals surface area contributed by atoms with E-state index in [9.17, 15) is 4.79 Å². The minimum Gasteiger partial charge on any atom is -0.375 e. The number of carbonyl (C=O) groups excluding carboxylic acids is 1. The summed E-state index contributed by atoms with van der Waals surface area (Å²) in [5.41, 5.74) is 3.67. The Hall–Kier alpha value is -2.47. The number of amides is 1. The first-order valence-corrected chi connectivity index (χ1v) is 11.1. The highest BCUT2D eigenvalue weighted by molar-refractivity contribution is 5.78. The minimum absolute atomic E-state index is 0.0297. The van der Waals surface area contributed by atoms with Crippen molar-refractivity contribution < 1.29 is 9.53 Å². The highest BCUT2D eigenvalue weighted by Gasteiger charge is 2.32. The summed E-state index contributed by atoms with van der Waals surface area (Å²) in [6.45, 7) is 4.93. The smallest absolute Gasteiger partial charge is 0.249 e. The Morgan fingerprint density at radius 3 is 2.77 bits per heavy atom. The number of fused-ring (bicyclic) bond motifs is 1. The number of hydrogen-bond donors (Lipinski definition) is 0. The average Bonchev–Trinajstić information content (AvgIpc) is 2.78. The molecule has 0 N–H and O–H groups in total. The molecule has 1 unspecified atom stereocenters. The first-order chi connectivity index (χ1) is 14.7. The van der Waals surface area contributed by atoms with E-state index in [-0.39, 0.29) is 18.6 Å². The van der Waals surface area contributed by atoms with E-state index in [4.69, 9.17) is 14.7 Å². The van der Waals surface area contributed by atoms with Gasteiger partial charge in [0.2, 0.25) is 5.91 Å². The van der Waals surface area contributed by atoms with Crippen molar-refractivity contribution in [3.63, 3.8) is 0 Å². The maximum Gasteiger partial charge on any atom is 0.249 e. The van der Waals surface area contributed by atoms with Gasteiger partial charge in [0.05, 0.1) is 6.04 Å². The average molecular weight is 409 g/mol. The van der Waals surface area contributed by atoms with Gasteiger partial charge in [-0.05, 0) is 51.0 Å². The van der Waals surface area contributed by atoms with Crippen LogP contribution in [0.15, 0.2) is 30.3 Å². The molecule has 1 atom stereocenters. The van der Waals surface area contributed by atoms with Crippen molar-refractivity contribution in [2.75, 3.05) is 38.3 Å². The largest absolute Gasteiger partial charge is 0.375 e. The Bertz CT molecular complexity index is 871. The van der Waals surface area contributed by atoms with Crippen molar-refractivity contribution >= 4 is 11.7 Å². The van der Waals surface area contributed by atoms with Gasteiger partial charge in [0.25, 0.3) is 0 Å². The third-order valence-corrected chi connectivity index (χ3v) is 6.27. The van der Waals surface area contributed by atoms with Gasteiger partial charge in [-0.2, -0.15) is 0 Å². The summed E-state index contributed by atoms with van der Waals surface area (Å²) in [7, 11) is 1.57. The zero-order chi connectivity index (χ0) is 20.9. The molecule has 160 valence electrons. The molecule has 6 heteroatoms. The fourth-order valence-electron chi connectivity index (χ4n) is 4.69. The van der Waals surface area contributed by atoms with Crippen molar-refractivity contribution in [1.82, 2.24) is 14.9 Å². The van der Waals surface area contributed by atoms with Crippen LogP contribution in [0.4, 0.5) is 5.82 Å². The van der Waals surface area contributed by atoms with Gasteiger partial charge < -0.3 is 14.5 Å². The van der Waals surface area contributed by atoms with E-state index < -0.39 is 0 Å². The van der Waals surface area contributed by atoms with Gasteiger partial charge in [-0.1, -0.05) is 30.3 Å². The lowest BCUT2D eigenvalue weighted by atomic mass is 9.99. The van der Waals surface area contributed by atoms with Crippen molar-refractivity contribution in [2.24, 2.45) is 0 Å². The van der Waals surface area contributed by atoms with E-state index in [0.717, 1.165) is 75.5 Å². The molecule has 0 saturated carbocycles. The summed E-state index contributed by atoms with van der Waals surface area (Å²) in [6, 6.07) is 10.6. The topological polar surface area (TPSA) is 58.6 Å². The third-order valence-electron chi connectivity index (χ3n) is 6.27. The van der Waals surface area contributed by atoms with Crippen LogP contribution in [0.2, 0.25) is 0 Å². The summed E-state index contributed by atoms with van der Waals surface area (Å²) < 4.78 is 5.11. The highest BCUT2D eigenvalue weighted by Crippen LogP contribution is 2.33. The standard InChI is InChI=1S/C24H32N4O2/c1-18-20-11-8-14-27(16-13-19-9-4-3-5-10-19)24(20)26-23(25-18)21-12-6-7-15-28(21)22(29)17-30-2/h3-5,9-10,21H,6-8,11-17H2,1-2H3. The molecule has 1 amide bonds. The van der Waals surface area contributed by atoms with Gasteiger partial charge in [0, 0.05) is 38.0 Å². The van der Waals surface area contributed by atoms with Crippen LogP contribution in [0.3, 0.4) is 0 Å². The summed E-state index contributed by atoms with van der Waals surface area (Å²) in [4.78, 5) is 26.9. The molecule has 0 bridgehead atoms. The number of aromatic nitrogens is 2. The molecule has 3 heterocycles. The summed E-state index contributed by atoms with van der Waals surface area (Å²) in [5.74, 6) is 1.90. The zero-order valence-corrected chi connectivity index (χ0v) is 18.1. The molecular weight excluding hydrogens is 376 g/mol. The van der Waals surface area contributed by atoms with E-state index in [2.05, 4.69) is 42.2 Å². The van der Waals surface area contributed by atoms with Gasteiger partial charge >= 0.3 is 0 Å². The van der Waals surface area contributed by atoms with Gasteiger partial charge in [-0.15, -0.1) is 0 Å². The van der Waals surface area contributed by atoms with E-state index in [0.29, 0.717) is 0 Å². The van der Waals surface area contributed by atoms with Gasteiger partial charge in [-0.25, -0.2) is 9.97 Å². The number of benzene rings is 1. The van der Waals surface area contributed by atoms with Crippen LogP contribution >= 0.6 is 0 Å². The molecule has 0 aliphatic carbocycles. The molecular formula is C24H32N4O2. The first kappa shape index (κ1) is 20.8. The number of hydrogen-bond acceptors (Lipinski definition) is 5. The summed E-state index contributed by atoms with van der Waals surface area (Å²) in [6.07, 6.45) is 6.20. The van der Waals surface area contributed by atoms with Crippen LogP contribution in [-0.2, 0) is 22.4 Å². The zero-order valence-electron chi connectivity index (χ0n) is 18.1. The van der Waals surface area contributed by atoms with Crippen molar-refractivity contribution in [3.05, 3.63) is 53.0 Å². The Labute approximate surface area is 179 Å². The lowest BCUT2D eigenvalue weighted by Crippen LogP contribution is -2.41. The number of likely N-dealkylation sites (tertiary alicyclic amines) is 1. The molecule has 1 fully saturated rings. The Balaban J connectivity index is 1.60. The lowest BCUT2D eigenvalue weighted by molar-refractivity contribution is -0.139. The summed E-state index contributed by atoms with van der Waals surface area (Å²) >= 11 is 0. The maximum atomic E-state index is 12.6. The molecule has 2 aliphatic rings. The number of nitrogens with zero attached hydrogens (tertiary/aromatic N) is 4. The SMILES string of the molecule is COCC(=O)N1CCCCC1c1nc(C)c2c(n1)N(CCc1ccccc1)CCC2. The Morgan fingerprint density at radius 2 is 1.97 bits per heavy atom. The van der Waals surface area contributed by atoms with E-state index >= 15 is 0 Å². The minimum atomic E-state index is -0.0525. The number of ether oxygens (including phenoxy) is 1. The molecule has 6 nitrogen and oxygen atoms in total.